The Labute approximate surface area is 461 Å². The number of nitrogens with zero attached hydrogens (tertiary/aromatic N) is 86. The van der Waals surface area contributed by atoms with E-state index in [1.54, 1.807) is 0 Å². The van der Waals surface area contributed by atoms with E-state index in [9.17, 15) is 0 Å². The van der Waals surface area contributed by atoms with Crippen LogP contribution in [0.15, 0.2) is 444 Å². The van der Waals surface area contributed by atoms with Crippen LogP contribution in [0.2, 0.25) is 0 Å². The minimum Gasteiger partial charge on any atom is -0.183 e. The monoisotopic (exact) mass is 1230 g/mol. The Morgan fingerprint density at radius 2 is 0.182 bits per heavy atom. The van der Waals surface area contributed by atoms with E-state index in [4.69, 9.17) is 10.8 Å². The van der Waals surface area contributed by atoms with Crippen molar-refractivity contribution in [3.63, 3.8) is 0 Å². The van der Waals surface area contributed by atoms with Crippen molar-refractivity contribution in [3.8, 4) is 6.19 Å². The van der Waals surface area contributed by atoms with Crippen LogP contribution in [0, 0.1) is 17.0 Å². The molecule has 0 radical (unpaired) electrons. The molecule has 0 amide bonds. The van der Waals surface area contributed by atoms with Crippen LogP contribution < -0.4 is 0 Å². The quantitative estimate of drug-likeness (QED) is 0.0348. The molecule has 440 valence electrons. The Morgan fingerprint density at radius 3 is 0.250 bits per heavy atom. The van der Waals surface area contributed by atoms with Crippen molar-refractivity contribution < 1.29 is 0 Å². The Bertz CT molecular complexity index is 3230. The van der Waals surface area contributed by atoms with Gasteiger partial charge in [0, 0.05) is 355 Å². The fourth-order valence-corrected chi connectivity index (χ4v) is 1.51. The second-order valence-corrected chi connectivity index (χ2v) is 7.72. The van der Waals surface area contributed by atoms with Gasteiger partial charge in [0.05, 0.1) is 0 Å². The molecule has 0 rings (SSSR count). The summed E-state index contributed by atoms with van der Waals surface area (Å²) in [6.07, 6.45) is 1.31. The summed E-state index contributed by atoms with van der Waals surface area (Å²) in [5, 5.41) is 261. The van der Waals surface area contributed by atoms with Crippen LogP contribution in [-0.2, 0) is 0 Å². The maximum absolute atomic E-state index is 8.03. The topological polar surface area (TPSA) is 1100 Å². The highest BCUT2D eigenvalue weighted by Crippen LogP contribution is 1.97. The standard InChI is InChI=1S/CHN87/c2-1-4-6-8-10-12-14-16-18-20-22-24-26-28-30-32-34-36-38-40-42-44-46-48-50-52-54-56-58-60-62-64-66-68-70-72-74-76-78-80-82-84-86-88-87-85-83-81-79-77-75-73-71-69-67-65-63-61-59-57-55-53-51-49-47-45-43-41-39-37-35-33-31-29-27-25-23-21-19-17-15-13-11-9-7-5-3/h3H/b5-3?,6-4?,9-7+,10-8+,13-11+,14-12+,17-15+,18-16+,21-19+,22-20+,25-23+,26-24+,29-27+,30-28+,33-31+,34-32+,37-35+,38-36+,41-39+,42-40+,45-43+,46-44+,49-47+,50-48+,53-51+,54-52+,57-55+,58-56+,61-59+,62-60+,65-63+,66-64+,69-67+,70-68+,73-71+,74-72+,77-75+,78-76+,81-79+,82-80+,85-83+,86-84+,88-87+. The lowest BCUT2D eigenvalue weighted by molar-refractivity contribution is 0.723. The molecular weight excluding hydrogens is 1230 g/mol. The predicted molar refractivity (Wildman–Crippen MR) is 215 cm³/mol. The van der Waals surface area contributed by atoms with Gasteiger partial charge in [-0.05, 0) is 88.7 Å². The summed E-state index contributed by atoms with van der Waals surface area (Å²) in [7, 11) is 0. The van der Waals surface area contributed by atoms with Crippen molar-refractivity contribution in [2.45, 2.75) is 0 Å². The number of nitriles is 1. The Kier molecular flexibility index (Phi) is 55.3. The molecule has 0 aliphatic rings. The predicted octanol–water partition coefficient (Wildman–Crippen LogP) is 15.9. The van der Waals surface area contributed by atoms with Gasteiger partial charge in [-0.3, -0.25) is 0 Å². The lowest BCUT2D eigenvalue weighted by Gasteiger charge is -1.71. The molecule has 0 aliphatic carbocycles. The molecule has 87 heteroatoms. The van der Waals surface area contributed by atoms with Crippen molar-refractivity contribution in [1.82, 2.24) is 0 Å². The molecule has 87 nitrogen and oxygen atoms in total. The SMILES string of the molecule is N#CN=N/N=N/N=N/N=N/N=N/N=N/N=N/N=N/N=N/N=N/N=N/N=N/N=N/N=N/N=N/N=N/N=N/N=N/N=N/N=N/N=N/N=N/N=N/N=N/N=N/N=N/N=N/N=N/N=N/N=N/N=N/N=N/N=N/N=N/N=N/N=N/N=N/N=N/N=N/N=N/N=N/N=N/N=N. The summed E-state index contributed by atoms with van der Waals surface area (Å²) < 4.78 is 0. The molecule has 0 unspecified atom stereocenters. The number of nitrogens with one attached hydrogen (secondary N) is 1. The zero-order valence-electron chi connectivity index (χ0n) is 39.5. The van der Waals surface area contributed by atoms with E-state index in [0.29, 0.717) is 0 Å². The number of hydrogen-bond donors (Lipinski definition) is 1. The van der Waals surface area contributed by atoms with Gasteiger partial charge in [-0.1, -0.05) is 0 Å². The zero-order chi connectivity index (χ0) is 62.8. The van der Waals surface area contributed by atoms with Crippen molar-refractivity contribution in [2.75, 3.05) is 0 Å². The molecule has 0 saturated heterocycles. The summed E-state index contributed by atoms with van der Waals surface area (Å²) >= 11 is 0. The van der Waals surface area contributed by atoms with E-state index in [2.05, 4.69) is 444 Å². The van der Waals surface area contributed by atoms with Gasteiger partial charge in [0.15, 0.2) is 0 Å². The molecule has 0 spiro atoms. The largest absolute Gasteiger partial charge is 0.227 e. The van der Waals surface area contributed by atoms with E-state index in [-0.39, 0.29) is 0 Å². The Hall–Kier alpha value is -17.7. The molecule has 0 heterocycles. The fourth-order valence-electron chi connectivity index (χ4n) is 1.51. The Balaban J connectivity index is 4.11. The third-order valence-corrected chi connectivity index (χ3v) is 3.41. The normalized spacial score (nSPS) is 15.4. The average Bonchev–Trinajstić information content (AvgIpc) is 3.54. The summed E-state index contributed by atoms with van der Waals surface area (Å²) in [6, 6.07) is 0. The van der Waals surface area contributed by atoms with Gasteiger partial charge in [0.1, 0.15) is 0 Å². The Morgan fingerprint density at radius 1 is 0.114 bits per heavy atom. The minimum absolute atomic E-state index is 1.31. The second kappa shape index (κ2) is 69.3. The lowest BCUT2D eigenvalue weighted by atomic mass is 11.5. The van der Waals surface area contributed by atoms with Gasteiger partial charge in [0.2, 0.25) is 6.19 Å². The van der Waals surface area contributed by atoms with Crippen LogP contribution >= 0.6 is 0 Å². The van der Waals surface area contributed by atoms with Crippen LogP contribution in [0.3, 0.4) is 0 Å². The summed E-state index contributed by atoms with van der Waals surface area (Å²) in [5.74, 6) is 0. The molecule has 0 saturated carbocycles. The molecule has 0 aliphatic heterocycles. The molecule has 0 aromatic rings. The van der Waals surface area contributed by atoms with Gasteiger partial charge in [-0.2, -0.15) is 10.8 Å². The van der Waals surface area contributed by atoms with Crippen molar-refractivity contribution >= 4 is 0 Å². The average molecular weight is 1230 g/mol. The van der Waals surface area contributed by atoms with E-state index >= 15 is 0 Å². The molecule has 0 atom stereocenters. The molecule has 0 aromatic carbocycles. The van der Waals surface area contributed by atoms with E-state index in [1.165, 1.54) is 6.19 Å². The highest BCUT2D eigenvalue weighted by Gasteiger charge is 1.79. The second-order valence-electron chi connectivity index (χ2n) is 7.72. The lowest BCUT2D eigenvalue weighted by Crippen LogP contribution is -1.52. The molecule has 1 N–H and O–H groups in total. The first-order chi connectivity index (χ1) is 43.9. The maximum atomic E-state index is 8.03. The molecule has 0 bridgehead atoms. The summed E-state index contributed by atoms with van der Waals surface area (Å²) in [4.78, 5) is 0. The first-order valence-corrected chi connectivity index (χ1v) is 17.5. The molecule has 0 aromatic heterocycles. The van der Waals surface area contributed by atoms with E-state index < -0.39 is 0 Å². The highest BCUT2D eigenvalue weighted by atomic mass is 15.8. The fraction of sp³-hybridized carbons (Fsp3) is 0. The molecular formula is CHN87. The summed E-state index contributed by atoms with van der Waals surface area (Å²) in [6.45, 7) is 0. The van der Waals surface area contributed by atoms with Crippen LogP contribution in [-0.4, -0.2) is 0 Å². The van der Waals surface area contributed by atoms with Gasteiger partial charge in [-0.15, -0.1) is 0 Å². The smallest absolute Gasteiger partial charge is 0.183 e. The summed E-state index contributed by atoms with van der Waals surface area (Å²) in [5.41, 5.74) is 6.27. The van der Waals surface area contributed by atoms with Gasteiger partial charge in [-0.25, -0.2) is 0 Å². The minimum atomic E-state index is 1.31. The highest BCUT2D eigenvalue weighted by molar-refractivity contribution is 4.56. The van der Waals surface area contributed by atoms with Crippen molar-refractivity contribution in [3.05, 3.63) is 0 Å². The zero-order valence-corrected chi connectivity index (χ0v) is 39.5. The molecule has 88 heavy (non-hydrogen) atoms. The van der Waals surface area contributed by atoms with Crippen molar-refractivity contribution in [1.29, 1.82) is 10.8 Å². The molecule has 0 fully saturated rings. The first-order valence-electron chi connectivity index (χ1n) is 17.5. The van der Waals surface area contributed by atoms with Crippen molar-refractivity contribution in [2.24, 2.45) is 444 Å². The van der Waals surface area contributed by atoms with Gasteiger partial charge in [0.25, 0.3) is 0 Å². The first kappa shape index (κ1) is 70.3. The van der Waals surface area contributed by atoms with Crippen LogP contribution in [0.1, 0.15) is 0 Å². The van der Waals surface area contributed by atoms with Gasteiger partial charge >= 0.3 is 0 Å². The maximum Gasteiger partial charge on any atom is 0.227 e. The third-order valence-electron chi connectivity index (χ3n) is 3.41. The van der Waals surface area contributed by atoms with E-state index in [0.717, 1.165) is 0 Å². The van der Waals surface area contributed by atoms with Gasteiger partial charge < -0.3 is 0 Å². The third kappa shape index (κ3) is 68.3. The van der Waals surface area contributed by atoms with Crippen LogP contribution in [0.25, 0.3) is 0 Å². The van der Waals surface area contributed by atoms with Crippen LogP contribution in [0.4, 0.5) is 0 Å². The van der Waals surface area contributed by atoms with Crippen LogP contribution in [0.5, 0.6) is 0 Å². The number of hydrogen-bond acceptors (Lipinski definition) is 3. The number of rotatable bonds is 42. The van der Waals surface area contributed by atoms with E-state index in [1.807, 2.05) is 0 Å².